The lowest BCUT2D eigenvalue weighted by Gasteiger charge is -2.07. The van der Waals surface area contributed by atoms with E-state index in [0.29, 0.717) is 53.5 Å². The van der Waals surface area contributed by atoms with Crippen LogP contribution in [0.2, 0.25) is 0 Å². The molecule has 0 atom stereocenters. The van der Waals surface area contributed by atoms with Crippen molar-refractivity contribution in [2.24, 2.45) is 10.2 Å². The first-order valence-corrected chi connectivity index (χ1v) is 12.4. The molecule has 0 unspecified atom stereocenters. The predicted molar refractivity (Wildman–Crippen MR) is 154 cm³/mol. The van der Waals surface area contributed by atoms with E-state index in [9.17, 15) is 9.59 Å². The van der Waals surface area contributed by atoms with Crippen LogP contribution in [0.15, 0.2) is 70.9 Å². The van der Waals surface area contributed by atoms with Crippen molar-refractivity contribution in [2.45, 2.75) is 12.8 Å². The smallest absolute Gasteiger partial charge is 0.271 e. The normalized spacial score (nSPS) is 10.8. The van der Waals surface area contributed by atoms with Crippen molar-refractivity contribution in [3.05, 3.63) is 77.4 Å². The van der Waals surface area contributed by atoms with Crippen LogP contribution < -0.4 is 35.1 Å². The van der Waals surface area contributed by atoms with Gasteiger partial charge in [-0.2, -0.15) is 10.2 Å². The summed E-state index contributed by atoms with van der Waals surface area (Å²) in [4.78, 5) is 24.5. The Kier molecular flexibility index (Phi) is 11.3. The third-order valence-corrected chi connectivity index (χ3v) is 5.59. The van der Waals surface area contributed by atoms with Crippen molar-refractivity contribution >= 4 is 29.9 Å². The molecule has 0 spiro atoms. The molecule has 11 nitrogen and oxygen atoms in total. The molecule has 2 amide bonds. The zero-order valence-corrected chi connectivity index (χ0v) is 22.9. The van der Waals surface area contributed by atoms with Crippen LogP contribution in [0.3, 0.4) is 0 Å². The van der Waals surface area contributed by atoms with Gasteiger partial charge in [-0.1, -0.05) is 0 Å². The molecule has 11 heteroatoms. The summed E-state index contributed by atoms with van der Waals surface area (Å²) >= 11 is 0. The van der Waals surface area contributed by atoms with Gasteiger partial charge in [-0.25, -0.2) is 10.9 Å². The van der Waals surface area contributed by atoms with Crippen molar-refractivity contribution in [3.8, 4) is 23.0 Å². The van der Waals surface area contributed by atoms with Crippen molar-refractivity contribution in [1.29, 1.82) is 0 Å². The van der Waals surface area contributed by atoms with E-state index < -0.39 is 0 Å². The number of benzene rings is 3. The van der Waals surface area contributed by atoms with E-state index in [1.165, 1.54) is 12.4 Å². The number of hydrogen-bond acceptors (Lipinski definition) is 9. The van der Waals surface area contributed by atoms with Gasteiger partial charge in [0, 0.05) is 47.5 Å². The summed E-state index contributed by atoms with van der Waals surface area (Å²) in [6, 6.07) is 17.6. The Hall–Kier alpha value is -5.06. The maximum atomic E-state index is 12.4. The van der Waals surface area contributed by atoms with Gasteiger partial charge in [-0.3, -0.25) is 9.59 Å². The topological polar surface area (TPSA) is 132 Å². The maximum Gasteiger partial charge on any atom is 0.271 e. The molecule has 3 aromatic rings. The van der Waals surface area contributed by atoms with Gasteiger partial charge in [0.2, 0.25) is 5.91 Å². The molecule has 0 aliphatic carbocycles. The maximum absolute atomic E-state index is 12.4. The van der Waals surface area contributed by atoms with Gasteiger partial charge in [-0.15, -0.1) is 0 Å². The molecule has 0 bridgehead atoms. The van der Waals surface area contributed by atoms with Crippen molar-refractivity contribution < 1.29 is 28.5 Å². The summed E-state index contributed by atoms with van der Waals surface area (Å²) in [6.07, 6.45) is 3.93. The number of methoxy groups -OCH3 is 4. The highest BCUT2D eigenvalue weighted by Crippen LogP contribution is 2.22. The standard InChI is InChI=1S/C29H33N5O6/c1-37-24-12-20(13-25(16-24)38-2)18-31-33-28(35)6-5-11-30-23-9-7-22(8-10-23)29(36)34-32-19-21-14-26(39-3)17-27(15-21)40-4/h7-10,12-19,30H,5-6,11H2,1-4H3,(H,33,35)(H,34,36)/b31-18+,32-19+. The number of hydrazone groups is 2. The Bertz CT molecular complexity index is 1300. The lowest BCUT2D eigenvalue weighted by Crippen LogP contribution is -2.18. The summed E-state index contributed by atoms with van der Waals surface area (Å²) < 4.78 is 20.9. The quantitative estimate of drug-likeness (QED) is 0.159. The molecule has 3 aromatic carbocycles. The fourth-order valence-corrected chi connectivity index (χ4v) is 3.49. The molecule has 0 aliphatic rings. The number of amides is 2. The van der Waals surface area contributed by atoms with E-state index in [-0.39, 0.29) is 11.8 Å². The lowest BCUT2D eigenvalue weighted by molar-refractivity contribution is -0.121. The van der Waals surface area contributed by atoms with Gasteiger partial charge < -0.3 is 24.3 Å². The molecule has 0 aliphatic heterocycles. The molecule has 0 aromatic heterocycles. The number of carbonyl (C=O) groups is 2. The van der Waals surface area contributed by atoms with Gasteiger partial charge >= 0.3 is 0 Å². The summed E-state index contributed by atoms with van der Waals surface area (Å²) in [7, 11) is 6.26. The van der Waals surface area contributed by atoms with Crippen LogP contribution in [-0.4, -0.2) is 59.2 Å². The van der Waals surface area contributed by atoms with Crippen LogP contribution in [0.5, 0.6) is 23.0 Å². The number of ether oxygens (including phenoxy) is 4. The number of nitrogens with zero attached hydrogens (tertiary/aromatic N) is 2. The van der Waals surface area contributed by atoms with E-state index in [0.717, 1.165) is 11.3 Å². The first-order valence-electron chi connectivity index (χ1n) is 12.4. The van der Waals surface area contributed by atoms with Gasteiger partial charge in [0.1, 0.15) is 23.0 Å². The van der Waals surface area contributed by atoms with E-state index in [1.54, 1.807) is 89.1 Å². The lowest BCUT2D eigenvalue weighted by atomic mass is 10.2. The average molecular weight is 548 g/mol. The highest BCUT2D eigenvalue weighted by molar-refractivity contribution is 5.95. The second-order valence-electron chi connectivity index (χ2n) is 8.39. The molecule has 40 heavy (non-hydrogen) atoms. The number of hydrogen-bond donors (Lipinski definition) is 3. The van der Waals surface area contributed by atoms with Gasteiger partial charge in [0.05, 0.1) is 40.9 Å². The molecule has 210 valence electrons. The third-order valence-electron chi connectivity index (χ3n) is 5.59. The van der Waals surface area contributed by atoms with Crippen LogP contribution in [0.1, 0.15) is 34.3 Å². The van der Waals surface area contributed by atoms with Gasteiger partial charge in [-0.05, 0) is 55.0 Å². The minimum atomic E-state index is -0.345. The first kappa shape index (κ1) is 29.5. The van der Waals surface area contributed by atoms with E-state index in [1.807, 2.05) is 0 Å². The van der Waals surface area contributed by atoms with Gasteiger partial charge in [0.15, 0.2) is 0 Å². The van der Waals surface area contributed by atoms with Crippen LogP contribution in [0, 0.1) is 0 Å². The minimum Gasteiger partial charge on any atom is -0.497 e. The highest BCUT2D eigenvalue weighted by Gasteiger charge is 2.06. The number of carbonyl (C=O) groups excluding carboxylic acids is 2. The molecule has 0 heterocycles. The molecule has 0 fully saturated rings. The van der Waals surface area contributed by atoms with Crippen LogP contribution >= 0.6 is 0 Å². The van der Waals surface area contributed by atoms with Crippen LogP contribution in [0.25, 0.3) is 0 Å². The Labute approximate surface area is 233 Å². The Morgan fingerprint density at radius 2 is 1.18 bits per heavy atom. The zero-order valence-electron chi connectivity index (χ0n) is 22.9. The average Bonchev–Trinajstić information content (AvgIpc) is 2.99. The fourth-order valence-electron chi connectivity index (χ4n) is 3.49. The van der Waals surface area contributed by atoms with E-state index in [4.69, 9.17) is 18.9 Å². The summed E-state index contributed by atoms with van der Waals surface area (Å²) in [6.45, 7) is 0.573. The third kappa shape index (κ3) is 9.35. The molecular formula is C29H33N5O6. The summed E-state index contributed by atoms with van der Waals surface area (Å²) in [5.41, 5.74) is 7.76. The van der Waals surface area contributed by atoms with Gasteiger partial charge in [0.25, 0.3) is 5.91 Å². The number of anilines is 1. The minimum absolute atomic E-state index is 0.201. The van der Waals surface area contributed by atoms with Crippen LogP contribution in [0.4, 0.5) is 5.69 Å². The van der Waals surface area contributed by atoms with E-state index in [2.05, 4.69) is 26.4 Å². The monoisotopic (exact) mass is 547 g/mol. The van der Waals surface area contributed by atoms with Crippen molar-refractivity contribution in [1.82, 2.24) is 10.9 Å². The largest absolute Gasteiger partial charge is 0.497 e. The first-order chi connectivity index (χ1) is 19.4. The fraction of sp³-hybridized carbons (Fsp3) is 0.241. The Morgan fingerprint density at radius 3 is 1.65 bits per heavy atom. The molecule has 3 rings (SSSR count). The number of rotatable bonds is 14. The highest BCUT2D eigenvalue weighted by atomic mass is 16.5. The van der Waals surface area contributed by atoms with Crippen LogP contribution in [-0.2, 0) is 4.79 Å². The molecule has 0 saturated carbocycles. The second kappa shape index (κ2) is 15.4. The van der Waals surface area contributed by atoms with Crippen molar-refractivity contribution in [3.63, 3.8) is 0 Å². The Balaban J connectivity index is 1.39. The molecule has 0 radical (unpaired) electrons. The van der Waals surface area contributed by atoms with Crippen molar-refractivity contribution in [2.75, 3.05) is 40.3 Å². The second-order valence-corrected chi connectivity index (χ2v) is 8.39. The predicted octanol–water partition coefficient (Wildman–Crippen LogP) is 3.83. The summed E-state index contributed by atoms with van der Waals surface area (Å²) in [5.74, 6) is 1.96. The molecule has 3 N–H and O–H groups in total. The summed E-state index contributed by atoms with van der Waals surface area (Å²) in [5, 5.41) is 11.2. The zero-order chi connectivity index (χ0) is 28.7. The molecular weight excluding hydrogens is 514 g/mol. The molecule has 0 saturated heterocycles. The SMILES string of the molecule is COc1cc(/C=N/NC(=O)CCCNc2ccc(C(=O)N/N=C/c3cc(OC)cc(OC)c3)cc2)cc(OC)c1. The number of nitrogens with one attached hydrogen (secondary N) is 3. The Morgan fingerprint density at radius 1 is 0.700 bits per heavy atom. The van der Waals surface area contributed by atoms with E-state index >= 15 is 0 Å².